The second-order valence-corrected chi connectivity index (χ2v) is 12.0. The number of sulfonamides is 1. The molecule has 0 radical (unpaired) electrons. The fourth-order valence-electron chi connectivity index (χ4n) is 6.54. The number of rotatable bonds is 5. The van der Waals surface area contributed by atoms with Crippen LogP contribution < -0.4 is 10.6 Å². The Morgan fingerprint density at radius 1 is 1.07 bits per heavy atom. The molecule has 5 aliphatic rings. The fourth-order valence-corrected chi connectivity index (χ4v) is 9.47. The van der Waals surface area contributed by atoms with Crippen LogP contribution in [0.2, 0.25) is 0 Å². The maximum Gasteiger partial charge on any atom is 0.273 e. The van der Waals surface area contributed by atoms with E-state index >= 15 is 0 Å². The number of nitrogens with one attached hydrogen (secondary N) is 2. The van der Waals surface area contributed by atoms with Gasteiger partial charge in [0.15, 0.2) is 5.69 Å². The van der Waals surface area contributed by atoms with Gasteiger partial charge in [0.1, 0.15) is 5.76 Å². The Labute approximate surface area is 177 Å². The van der Waals surface area contributed by atoms with Crippen LogP contribution in [0.25, 0.3) is 0 Å². The van der Waals surface area contributed by atoms with E-state index in [1.165, 1.54) is 0 Å². The normalized spacial score (nSPS) is 38.7. The molecule has 1 amide bonds. The Morgan fingerprint density at radius 2 is 1.73 bits per heavy atom. The summed E-state index contributed by atoms with van der Waals surface area (Å²) in [6.07, 6.45) is 7.41. The van der Waals surface area contributed by atoms with Crippen LogP contribution in [0.1, 0.15) is 73.5 Å². The van der Waals surface area contributed by atoms with Crippen molar-refractivity contribution in [3.05, 3.63) is 17.5 Å². The van der Waals surface area contributed by atoms with E-state index in [1.807, 2.05) is 4.31 Å². The summed E-state index contributed by atoms with van der Waals surface area (Å²) in [6.45, 7) is 1.64. The summed E-state index contributed by atoms with van der Waals surface area (Å²) in [7, 11) is -3.31. The zero-order valence-electron chi connectivity index (χ0n) is 17.1. The van der Waals surface area contributed by atoms with Crippen molar-refractivity contribution in [3.8, 4) is 0 Å². The lowest BCUT2D eigenvalue weighted by Gasteiger charge is -2.42. The highest BCUT2D eigenvalue weighted by Gasteiger charge is 2.54. The van der Waals surface area contributed by atoms with Crippen LogP contribution in [0.3, 0.4) is 0 Å². The van der Waals surface area contributed by atoms with Crippen LogP contribution in [0, 0.1) is 11.8 Å². The number of aromatic nitrogens is 1. The van der Waals surface area contributed by atoms with Crippen LogP contribution >= 0.6 is 0 Å². The molecule has 1 aromatic rings. The van der Waals surface area contributed by atoms with Gasteiger partial charge in [0, 0.05) is 30.1 Å². The van der Waals surface area contributed by atoms with Gasteiger partial charge >= 0.3 is 0 Å². The molecule has 4 heterocycles. The molecule has 3 saturated heterocycles. The van der Waals surface area contributed by atoms with Crippen molar-refractivity contribution < 1.29 is 17.7 Å². The monoisotopic (exact) mass is 434 g/mol. The number of carbonyl (C=O) groups is 1. The zero-order valence-corrected chi connectivity index (χ0v) is 17.9. The van der Waals surface area contributed by atoms with Gasteiger partial charge in [0.05, 0.1) is 5.25 Å². The average molecular weight is 435 g/mol. The molecule has 1 aromatic heterocycles. The lowest BCUT2D eigenvalue weighted by molar-refractivity contribution is 0.0899. The predicted octanol–water partition coefficient (Wildman–Crippen LogP) is 1.60. The average Bonchev–Trinajstić information content (AvgIpc) is 3.28. The topological polar surface area (TPSA) is 105 Å². The lowest BCUT2D eigenvalue weighted by atomic mass is 9.99. The van der Waals surface area contributed by atoms with Gasteiger partial charge in [-0.1, -0.05) is 5.16 Å². The first-order valence-electron chi connectivity index (χ1n) is 11.5. The Bertz CT molecular complexity index is 913. The minimum Gasteiger partial charge on any atom is -0.360 e. The van der Waals surface area contributed by atoms with Crippen molar-refractivity contribution >= 4 is 15.9 Å². The molecule has 2 aliphatic carbocycles. The van der Waals surface area contributed by atoms with E-state index in [9.17, 15) is 13.2 Å². The third-order valence-corrected chi connectivity index (χ3v) is 10.7. The second-order valence-electron chi connectivity index (χ2n) is 10.0. The minimum absolute atomic E-state index is 0.00710. The summed E-state index contributed by atoms with van der Waals surface area (Å²) in [5.41, 5.74) is 0.338. The maximum atomic E-state index is 13.7. The van der Waals surface area contributed by atoms with Gasteiger partial charge in [-0.15, -0.1) is 0 Å². The third kappa shape index (κ3) is 3.12. The first-order chi connectivity index (χ1) is 14.5. The summed E-state index contributed by atoms with van der Waals surface area (Å²) in [5, 5.41) is 10.2. The van der Waals surface area contributed by atoms with Crippen LogP contribution in [-0.2, 0) is 10.0 Å². The maximum absolute atomic E-state index is 13.7. The number of hydrogen-bond acceptors (Lipinski definition) is 6. The number of hydrogen-bond donors (Lipinski definition) is 2. The van der Waals surface area contributed by atoms with Crippen molar-refractivity contribution in [1.82, 2.24) is 20.1 Å². The molecule has 2 saturated carbocycles. The Hall–Kier alpha value is -1.45. The van der Waals surface area contributed by atoms with Crippen molar-refractivity contribution in [1.29, 1.82) is 0 Å². The van der Waals surface area contributed by atoms with Crippen molar-refractivity contribution in [2.24, 2.45) is 11.8 Å². The van der Waals surface area contributed by atoms with Crippen molar-refractivity contribution in [2.75, 3.05) is 13.1 Å². The van der Waals surface area contributed by atoms with Gasteiger partial charge in [0.2, 0.25) is 10.0 Å². The van der Waals surface area contributed by atoms with Gasteiger partial charge in [-0.05, 0) is 76.3 Å². The van der Waals surface area contributed by atoms with E-state index in [1.54, 1.807) is 6.07 Å². The van der Waals surface area contributed by atoms with Gasteiger partial charge in [0.25, 0.3) is 5.91 Å². The van der Waals surface area contributed by atoms with Crippen molar-refractivity contribution in [2.45, 2.75) is 80.7 Å². The summed E-state index contributed by atoms with van der Waals surface area (Å²) < 4.78 is 34.5. The van der Waals surface area contributed by atoms with Crippen LogP contribution in [0.5, 0.6) is 0 Å². The summed E-state index contributed by atoms with van der Waals surface area (Å²) in [5.74, 6) is 1.52. The standard InChI is InChI=1S/C21H30N4O4S/c26-21(18-9-19(29-24-18)12-1-2-12)23-15-7-16-5-6-17(8-15)25(16)30(27,28)20-13-3-4-14(20)11-22-10-13/h9,12-17,20,22H,1-8,10-11H2,(H,23,26)/t13?,14?,15-,16+,17-,20?. The smallest absolute Gasteiger partial charge is 0.273 e. The first kappa shape index (κ1) is 19.3. The molecular weight excluding hydrogens is 404 g/mol. The van der Waals surface area contributed by atoms with Crippen LogP contribution in [0.4, 0.5) is 0 Å². The molecule has 0 spiro atoms. The summed E-state index contributed by atoms with van der Waals surface area (Å²) >= 11 is 0. The molecule has 5 fully saturated rings. The Morgan fingerprint density at radius 3 is 2.37 bits per heavy atom. The molecular formula is C21H30N4O4S. The molecule has 2 N–H and O–H groups in total. The van der Waals surface area contributed by atoms with E-state index in [2.05, 4.69) is 15.8 Å². The summed E-state index contributed by atoms with van der Waals surface area (Å²) in [6, 6.07) is 1.77. The highest BCUT2D eigenvalue weighted by molar-refractivity contribution is 7.89. The Balaban J connectivity index is 1.14. The lowest BCUT2D eigenvalue weighted by Crippen LogP contribution is -2.57. The summed E-state index contributed by atoms with van der Waals surface area (Å²) in [4.78, 5) is 12.7. The number of piperidine rings is 2. The number of amides is 1. The third-order valence-electron chi connectivity index (χ3n) is 8.03. The number of fused-ring (bicyclic) bond motifs is 4. The van der Waals surface area contributed by atoms with Gasteiger partial charge in [-0.25, -0.2) is 8.42 Å². The largest absolute Gasteiger partial charge is 0.360 e. The molecule has 30 heavy (non-hydrogen) atoms. The molecule has 4 bridgehead atoms. The van der Waals surface area contributed by atoms with Crippen LogP contribution in [0.15, 0.2) is 10.6 Å². The predicted molar refractivity (Wildman–Crippen MR) is 109 cm³/mol. The minimum atomic E-state index is -3.31. The van der Waals surface area contributed by atoms with E-state index in [4.69, 9.17) is 4.52 Å². The first-order valence-corrected chi connectivity index (χ1v) is 13.0. The molecule has 3 aliphatic heterocycles. The molecule has 5 atom stereocenters. The highest BCUT2D eigenvalue weighted by Crippen LogP contribution is 2.45. The number of nitrogens with zero attached hydrogens (tertiary/aromatic N) is 2. The quantitative estimate of drug-likeness (QED) is 0.730. The van der Waals surface area contributed by atoms with Gasteiger partial charge < -0.3 is 15.2 Å². The van der Waals surface area contributed by atoms with E-state index < -0.39 is 10.0 Å². The molecule has 164 valence electrons. The highest BCUT2D eigenvalue weighted by atomic mass is 32.2. The molecule has 6 rings (SSSR count). The number of carbonyl (C=O) groups excluding carboxylic acids is 1. The zero-order chi connectivity index (χ0) is 20.5. The van der Waals surface area contributed by atoms with Gasteiger partial charge in [-0.2, -0.15) is 4.31 Å². The fraction of sp³-hybridized carbons (Fsp3) is 0.810. The van der Waals surface area contributed by atoms with Crippen molar-refractivity contribution in [3.63, 3.8) is 0 Å². The molecule has 2 unspecified atom stereocenters. The second kappa shape index (κ2) is 7.03. The van der Waals surface area contributed by atoms with E-state index in [0.717, 1.165) is 57.4 Å². The van der Waals surface area contributed by atoms with Crippen LogP contribution in [-0.4, -0.2) is 60.3 Å². The SMILES string of the molecule is O=C(N[C@H]1C[C@H]2CC[C@@H](C1)N2S(=O)(=O)C1C2CCC1CNC2)c1cc(C2CC2)on1. The van der Waals surface area contributed by atoms with E-state index in [-0.39, 0.29) is 41.1 Å². The Kier molecular flexibility index (Phi) is 4.51. The molecule has 9 heteroatoms. The molecule has 0 aromatic carbocycles. The van der Waals surface area contributed by atoms with E-state index in [0.29, 0.717) is 24.5 Å². The van der Waals surface area contributed by atoms with Gasteiger partial charge in [-0.3, -0.25) is 4.79 Å². The molecule has 8 nitrogen and oxygen atoms in total.